The summed E-state index contributed by atoms with van der Waals surface area (Å²) in [6, 6.07) is 3.28. The van der Waals surface area contributed by atoms with E-state index in [4.69, 9.17) is 4.74 Å². The van der Waals surface area contributed by atoms with Crippen molar-refractivity contribution in [3.8, 4) is 5.88 Å². The number of hydrogen-bond donors (Lipinski definition) is 1. The lowest BCUT2D eigenvalue weighted by Gasteiger charge is -2.08. The summed E-state index contributed by atoms with van der Waals surface area (Å²) in [6.45, 7) is 5.30. The molecular weight excluding hydrogens is 210 g/mol. The molecular formula is C10H15N3O3. The molecule has 0 aliphatic heterocycles. The molecule has 1 aromatic rings. The summed E-state index contributed by atoms with van der Waals surface area (Å²) < 4.78 is 5.29. The van der Waals surface area contributed by atoms with Crippen molar-refractivity contribution in [2.24, 2.45) is 0 Å². The van der Waals surface area contributed by atoms with Gasteiger partial charge < -0.3 is 10.1 Å². The highest BCUT2D eigenvalue weighted by molar-refractivity contribution is 5.28. The van der Waals surface area contributed by atoms with Gasteiger partial charge in [-0.1, -0.05) is 13.8 Å². The fraction of sp³-hybridized carbons (Fsp3) is 0.500. The number of pyridine rings is 1. The van der Waals surface area contributed by atoms with E-state index in [0.29, 0.717) is 18.5 Å². The number of nitrogens with one attached hydrogen (secondary N) is 1. The third kappa shape index (κ3) is 4.22. The molecule has 1 rings (SSSR count). The molecule has 0 saturated carbocycles. The third-order valence-corrected chi connectivity index (χ3v) is 1.84. The Hall–Kier alpha value is -1.69. The zero-order chi connectivity index (χ0) is 12.0. The maximum Gasteiger partial charge on any atom is 0.287 e. The monoisotopic (exact) mass is 225 g/mol. The minimum Gasteiger partial charge on any atom is -0.476 e. The maximum absolute atomic E-state index is 10.4. The molecule has 0 radical (unpaired) electrons. The van der Waals surface area contributed by atoms with Gasteiger partial charge in [0.05, 0.1) is 4.92 Å². The van der Waals surface area contributed by atoms with Crippen molar-refractivity contribution >= 4 is 5.69 Å². The smallest absolute Gasteiger partial charge is 0.287 e. The van der Waals surface area contributed by atoms with E-state index in [1.807, 2.05) is 13.8 Å². The van der Waals surface area contributed by atoms with Crippen LogP contribution in [0.1, 0.15) is 13.8 Å². The molecule has 1 aromatic heterocycles. The highest BCUT2D eigenvalue weighted by atomic mass is 16.6. The number of nitro groups is 1. The Bertz CT molecular complexity index is 338. The molecule has 1 heterocycles. The first-order valence-corrected chi connectivity index (χ1v) is 5.06. The standard InChI is InChI=1S/C10H15N3O3/c1-8(2)11-5-6-16-10-4-3-9(7-12-10)13(14)15/h3-4,7-8,11H,5-6H2,1-2H3. The molecule has 0 spiro atoms. The summed E-state index contributed by atoms with van der Waals surface area (Å²) >= 11 is 0. The molecule has 0 saturated heterocycles. The zero-order valence-corrected chi connectivity index (χ0v) is 9.34. The summed E-state index contributed by atoms with van der Waals surface area (Å²) in [7, 11) is 0. The van der Waals surface area contributed by atoms with Crippen LogP contribution in [0.3, 0.4) is 0 Å². The molecule has 0 unspecified atom stereocenters. The van der Waals surface area contributed by atoms with Gasteiger partial charge in [0.25, 0.3) is 5.69 Å². The van der Waals surface area contributed by atoms with Gasteiger partial charge in [0.2, 0.25) is 5.88 Å². The summed E-state index contributed by atoms with van der Waals surface area (Å²) in [6.07, 6.45) is 1.19. The molecule has 6 nitrogen and oxygen atoms in total. The van der Waals surface area contributed by atoms with E-state index in [1.54, 1.807) is 0 Å². The number of nitrogens with zero attached hydrogens (tertiary/aromatic N) is 2. The van der Waals surface area contributed by atoms with Crippen LogP contribution in [0, 0.1) is 10.1 Å². The Morgan fingerprint density at radius 2 is 2.31 bits per heavy atom. The molecule has 16 heavy (non-hydrogen) atoms. The Morgan fingerprint density at radius 1 is 1.56 bits per heavy atom. The van der Waals surface area contributed by atoms with Gasteiger partial charge in [0, 0.05) is 24.7 Å². The SMILES string of the molecule is CC(C)NCCOc1ccc([N+](=O)[O-])cn1. The Balaban J connectivity index is 2.35. The van der Waals surface area contributed by atoms with Crippen LogP contribution in [0.4, 0.5) is 5.69 Å². The van der Waals surface area contributed by atoms with Gasteiger partial charge in [0.15, 0.2) is 0 Å². The quantitative estimate of drug-likeness (QED) is 0.449. The second-order valence-electron chi connectivity index (χ2n) is 3.57. The van der Waals surface area contributed by atoms with Crippen LogP contribution in [0.2, 0.25) is 0 Å². The Kier molecular flexibility index (Phi) is 4.65. The predicted molar refractivity (Wildman–Crippen MR) is 59.5 cm³/mol. The molecule has 88 valence electrons. The van der Waals surface area contributed by atoms with Crippen molar-refractivity contribution in [2.45, 2.75) is 19.9 Å². The van der Waals surface area contributed by atoms with E-state index >= 15 is 0 Å². The lowest BCUT2D eigenvalue weighted by Crippen LogP contribution is -2.27. The Morgan fingerprint density at radius 3 is 2.81 bits per heavy atom. The molecule has 0 bridgehead atoms. The van der Waals surface area contributed by atoms with E-state index in [-0.39, 0.29) is 5.69 Å². The van der Waals surface area contributed by atoms with Gasteiger partial charge in [-0.25, -0.2) is 4.98 Å². The molecule has 0 atom stereocenters. The molecule has 0 amide bonds. The number of aromatic nitrogens is 1. The fourth-order valence-corrected chi connectivity index (χ4v) is 1.07. The van der Waals surface area contributed by atoms with Crippen LogP contribution < -0.4 is 10.1 Å². The van der Waals surface area contributed by atoms with Crippen molar-refractivity contribution in [3.05, 3.63) is 28.4 Å². The van der Waals surface area contributed by atoms with Crippen molar-refractivity contribution in [3.63, 3.8) is 0 Å². The lowest BCUT2D eigenvalue weighted by atomic mass is 10.4. The zero-order valence-electron chi connectivity index (χ0n) is 9.34. The molecule has 0 aromatic carbocycles. The van der Waals surface area contributed by atoms with Gasteiger partial charge >= 0.3 is 0 Å². The second kappa shape index (κ2) is 6.02. The number of ether oxygens (including phenoxy) is 1. The topological polar surface area (TPSA) is 77.3 Å². The van der Waals surface area contributed by atoms with Gasteiger partial charge in [-0.3, -0.25) is 10.1 Å². The summed E-state index contributed by atoms with van der Waals surface area (Å²) in [5.74, 6) is 0.399. The third-order valence-electron chi connectivity index (χ3n) is 1.84. The van der Waals surface area contributed by atoms with Crippen molar-refractivity contribution < 1.29 is 9.66 Å². The molecule has 0 fully saturated rings. The molecule has 1 N–H and O–H groups in total. The molecule has 0 aliphatic carbocycles. The first kappa shape index (κ1) is 12.4. The van der Waals surface area contributed by atoms with Gasteiger partial charge in [0.1, 0.15) is 12.8 Å². The minimum absolute atomic E-state index is 0.0346. The van der Waals surface area contributed by atoms with E-state index < -0.39 is 4.92 Å². The van der Waals surface area contributed by atoms with Crippen LogP contribution in [0.25, 0.3) is 0 Å². The summed E-state index contributed by atoms with van der Waals surface area (Å²) in [5.41, 5.74) is -0.0346. The first-order chi connectivity index (χ1) is 7.59. The highest BCUT2D eigenvalue weighted by Gasteiger charge is 2.05. The van der Waals surface area contributed by atoms with E-state index in [9.17, 15) is 10.1 Å². The fourth-order valence-electron chi connectivity index (χ4n) is 1.07. The average Bonchev–Trinajstić information content (AvgIpc) is 2.25. The van der Waals surface area contributed by atoms with Crippen LogP contribution >= 0.6 is 0 Å². The maximum atomic E-state index is 10.4. The van der Waals surface area contributed by atoms with E-state index in [1.165, 1.54) is 18.3 Å². The number of rotatable bonds is 6. The second-order valence-corrected chi connectivity index (χ2v) is 3.57. The largest absolute Gasteiger partial charge is 0.476 e. The predicted octanol–water partition coefficient (Wildman–Crippen LogP) is 1.37. The highest BCUT2D eigenvalue weighted by Crippen LogP contribution is 2.12. The van der Waals surface area contributed by atoms with Gasteiger partial charge in [-0.2, -0.15) is 0 Å². The normalized spacial score (nSPS) is 10.4. The minimum atomic E-state index is -0.489. The average molecular weight is 225 g/mol. The lowest BCUT2D eigenvalue weighted by molar-refractivity contribution is -0.385. The van der Waals surface area contributed by atoms with Gasteiger partial charge in [-0.15, -0.1) is 0 Å². The first-order valence-electron chi connectivity index (χ1n) is 5.06. The van der Waals surface area contributed by atoms with Gasteiger partial charge in [-0.05, 0) is 0 Å². The van der Waals surface area contributed by atoms with Crippen molar-refractivity contribution in [1.82, 2.24) is 10.3 Å². The molecule has 6 heteroatoms. The Labute approximate surface area is 93.8 Å². The van der Waals surface area contributed by atoms with Crippen LogP contribution in [0.15, 0.2) is 18.3 Å². The molecule has 0 aliphatic rings. The number of hydrogen-bond acceptors (Lipinski definition) is 5. The van der Waals surface area contributed by atoms with E-state index in [0.717, 1.165) is 6.54 Å². The van der Waals surface area contributed by atoms with E-state index in [2.05, 4.69) is 10.3 Å². The van der Waals surface area contributed by atoms with Crippen LogP contribution in [-0.4, -0.2) is 29.1 Å². The van der Waals surface area contributed by atoms with Crippen molar-refractivity contribution in [2.75, 3.05) is 13.2 Å². The summed E-state index contributed by atoms with van der Waals surface area (Å²) in [5, 5.41) is 13.5. The van der Waals surface area contributed by atoms with Crippen LogP contribution in [0.5, 0.6) is 5.88 Å². The summed E-state index contributed by atoms with van der Waals surface area (Å²) in [4.78, 5) is 13.7. The van der Waals surface area contributed by atoms with Crippen LogP contribution in [-0.2, 0) is 0 Å². The van der Waals surface area contributed by atoms with Crippen molar-refractivity contribution in [1.29, 1.82) is 0 Å².